The van der Waals surface area contributed by atoms with Crippen molar-refractivity contribution in [1.29, 1.82) is 0 Å². The van der Waals surface area contributed by atoms with Crippen LogP contribution in [0.25, 0.3) is 0 Å². The van der Waals surface area contributed by atoms with Gasteiger partial charge in [-0.2, -0.15) is 0 Å². The lowest BCUT2D eigenvalue weighted by atomic mass is 10.0. The standard InChI is InChI=1S/C21H23ClN2O3/c1-15-6-8-17(9-7-15)20-11-19(27-23-20)13-24(21(25)14-26-2)12-16-4-3-5-18(22)10-16/h3-10,19H,11-14H2,1-2H3. The molecule has 1 unspecified atom stereocenters. The van der Waals surface area contributed by atoms with E-state index in [9.17, 15) is 4.79 Å². The Morgan fingerprint density at radius 3 is 2.78 bits per heavy atom. The first-order valence-corrected chi connectivity index (χ1v) is 9.24. The van der Waals surface area contributed by atoms with Gasteiger partial charge in [0.2, 0.25) is 5.91 Å². The van der Waals surface area contributed by atoms with Crippen molar-refractivity contribution < 1.29 is 14.4 Å². The van der Waals surface area contributed by atoms with Crippen molar-refractivity contribution in [2.45, 2.75) is 26.0 Å². The molecule has 6 heteroatoms. The summed E-state index contributed by atoms with van der Waals surface area (Å²) < 4.78 is 5.03. The highest BCUT2D eigenvalue weighted by atomic mass is 35.5. The summed E-state index contributed by atoms with van der Waals surface area (Å²) in [6, 6.07) is 15.7. The number of aryl methyl sites for hydroxylation is 1. The van der Waals surface area contributed by atoms with Crippen molar-refractivity contribution in [3.05, 3.63) is 70.2 Å². The van der Waals surface area contributed by atoms with E-state index in [0.717, 1.165) is 16.8 Å². The SMILES string of the molecule is COCC(=O)N(Cc1cccc(Cl)c1)CC1CC(c2ccc(C)cc2)=NO1. The minimum atomic E-state index is -0.179. The number of hydrogen-bond donors (Lipinski definition) is 0. The number of amides is 1. The molecule has 0 spiro atoms. The second-order valence-electron chi connectivity index (χ2n) is 6.67. The summed E-state index contributed by atoms with van der Waals surface area (Å²) in [5, 5.41) is 4.87. The number of carbonyl (C=O) groups is 1. The molecule has 0 saturated carbocycles. The molecule has 1 heterocycles. The van der Waals surface area contributed by atoms with Gasteiger partial charge in [-0.25, -0.2) is 0 Å². The van der Waals surface area contributed by atoms with Gasteiger partial charge in [0.15, 0.2) is 6.10 Å². The van der Waals surface area contributed by atoms with E-state index in [1.54, 1.807) is 4.90 Å². The fourth-order valence-corrected chi connectivity index (χ4v) is 3.23. The summed E-state index contributed by atoms with van der Waals surface area (Å²) >= 11 is 6.07. The highest BCUT2D eigenvalue weighted by Gasteiger charge is 2.26. The topological polar surface area (TPSA) is 51.1 Å². The minimum Gasteiger partial charge on any atom is -0.390 e. The molecule has 2 aromatic rings. The van der Waals surface area contributed by atoms with Crippen LogP contribution in [0.2, 0.25) is 5.02 Å². The lowest BCUT2D eigenvalue weighted by Gasteiger charge is -2.25. The lowest BCUT2D eigenvalue weighted by molar-refractivity contribution is -0.137. The predicted octanol–water partition coefficient (Wildman–Crippen LogP) is 3.82. The Morgan fingerprint density at radius 2 is 2.07 bits per heavy atom. The molecule has 1 amide bonds. The third-order valence-corrected chi connectivity index (χ3v) is 4.66. The molecule has 0 N–H and O–H groups in total. The van der Waals surface area contributed by atoms with Crippen LogP contribution in [0.1, 0.15) is 23.1 Å². The van der Waals surface area contributed by atoms with Gasteiger partial charge in [0.05, 0.1) is 12.3 Å². The van der Waals surface area contributed by atoms with Gasteiger partial charge >= 0.3 is 0 Å². The zero-order valence-electron chi connectivity index (χ0n) is 15.5. The lowest BCUT2D eigenvalue weighted by Crippen LogP contribution is -2.39. The number of methoxy groups -OCH3 is 1. The number of oxime groups is 1. The first-order valence-electron chi connectivity index (χ1n) is 8.86. The van der Waals surface area contributed by atoms with E-state index in [2.05, 4.69) is 24.2 Å². The number of rotatable bonds is 7. The van der Waals surface area contributed by atoms with Gasteiger partial charge in [-0.3, -0.25) is 4.79 Å². The van der Waals surface area contributed by atoms with Crippen LogP contribution in [0.15, 0.2) is 53.7 Å². The second-order valence-corrected chi connectivity index (χ2v) is 7.11. The molecular formula is C21H23ClN2O3. The minimum absolute atomic E-state index is 0.0267. The molecule has 0 radical (unpaired) electrons. The maximum absolute atomic E-state index is 12.5. The van der Waals surface area contributed by atoms with Crippen molar-refractivity contribution in [2.75, 3.05) is 20.3 Å². The highest BCUT2D eigenvalue weighted by molar-refractivity contribution is 6.30. The molecular weight excluding hydrogens is 364 g/mol. The zero-order valence-corrected chi connectivity index (χ0v) is 16.3. The number of hydrogen-bond acceptors (Lipinski definition) is 4. The van der Waals surface area contributed by atoms with Gasteiger partial charge in [0.25, 0.3) is 0 Å². The van der Waals surface area contributed by atoms with E-state index >= 15 is 0 Å². The second kappa shape index (κ2) is 9.02. The Labute approximate surface area is 164 Å². The van der Waals surface area contributed by atoms with Crippen molar-refractivity contribution in [3.63, 3.8) is 0 Å². The van der Waals surface area contributed by atoms with E-state index in [0.29, 0.717) is 24.5 Å². The Balaban J connectivity index is 1.66. The predicted molar refractivity (Wildman–Crippen MR) is 106 cm³/mol. The fraction of sp³-hybridized carbons (Fsp3) is 0.333. The maximum Gasteiger partial charge on any atom is 0.248 e. The van der Waals surface area contributed by atoms with Crippen LogP contribution in [0.3, 0.4) is 0 Å². The monoisotopic (exact) mass is 386 g/mol. The van der Waals surface area contributed by atoms with E-state index in [-0.39, 0.29) is 18.6 Å². The molecule has 0 aliphatic carbocycles. The first kappa shape index (κ1) is 19.4. The van der Waals surface area contributed by atoms with Gasteiger partial charge in [0.1, 0.15) is 6.61 Å². The van der Waals surface area contributed by atoms with Crippen molar-refractivity contribution >= 4 is 23.2 Å². The highest BCUT2D eigenvalue weighted by Crippen LogP contribution is 2.20. The normalized spacial score (nSPS) is 16.0. The molecule has 0 saturated heterocycles. The molecule has 0 bridgehead atoms. The molecule has 0 aromatic heterocycles. The fourth-order valence-electron chi connectivity index (χ4n) is 3.01. The number of carbonyl (C=O) groups excluding carboxylic acids is 1. The van der Waals surface area contributed by atoms with Crippen LogP contribution in [-0.4, -0.2) is 42.9 Å². The Morgan fingerprint density at radius 1 is 1.30 bits per heavy atom. The molecule has 5 nitrogen and oxygen atoms in total. The van der Waals surface area contributed by atoms with Crippen LogP contribution < -0.4 is 0 Å². The quantitative estimate of drug-likeness (QED) is 0.726. The number of ether oxygens (including phenoxy) is 1. The van der Waals surface area contributed by atoms with E-state index in [1.807, 2.05) is 36.4 Å². The van der Waals surface area contributed by atoms with Crippen molar-refractivity contribution in [2.24, 2.45) is 5.16 Å². The molecule has 1 aliphatic rings. The summed E-state index contributed by atoms with van der Waals surface area (Å²) in [6.45, 7) is 2.96. The van der Waals surface area contributed by atoms with E-state index in [4.69, 9.17) is 21.2 Å². The average Bonchev–Trinajstić information content (AvgIpc) is 3.10. The summed E-state index contributed by atoms with van der Waals surface area (Å²) in [5.41, 5.74) is 4.12. The third kappa shape index (κ3) is 5.31. The smallest absolute Gasteiger partial charge is 0.248 e. The molecule has 2 aromatic carbocycles. The van der Waals surface area contributed by atoms with Crippen LogP contribution in [0.5, 0.6) is 0 Å². The van der Waals surface area contributed by atoms with Crippen molar-refractivity contribution in [1.82, 2.24) is 4.90 Å². The van der Waals surface area contributed by atoms with Crippen LogP contribution in [0.4, 0.5) is 0 Å². The van der Waals surface area contributed by atoms with E-state index < -0.39 is 0 Å². The average molecular weight is 387 g/mol. The van der Waals surface area contributed by atoms with Gasteiger partial charge < -0.3 is 14.5 Å². The Bertz CT molecular complexity index is 820. The largest absolute Gasteiger partial charge is 0.390 e. The van der Waals surface area contributed by atoms with Crippen LogP contribution in [-0.2, 0) is 20.9 Å². The number of halogens is 1. The van der Waals surface area contributed by atoms with Gasteiger partial charge in [0, 0.05) is 25.1 Å². The van der Waals surface area contributed by atoms with Gasteiger partial charge in [-0.05, 0) is 30.2 Å². The number of benzene rings is 2. The molecule has 0 fully saturated rings. The first-order chi connectivity index (χ1) is 13.0. The molecule has 27 heavy (non-hydrogen) atoms. The maximum atomic E-state index is 12.5. The Kier molecular flexibility index (Phi) is 6.48. The molecule has 1 aliphatic heterocycles. The number of nitrogens with zero attached hydrogens (tertiary/aromatic N) is 2. The van der Waals surface area contributed by atoms with Crippen molar-refractivity contribution in [3.8, 4) is 0 Å². The summed E-state index contributed by atoms with van der Waals surface area (Å²) in [7, 11) is 1.51. The van der Waals surface area contributed by atoms with Gasteiger partial charge in [-0.15, -0.1) is 0 Å². The van der Waals surface area contributed by atoms with Crippen LogP contribution in [0, 0.1) is 6.92 Å². The zero-order chi connectivity index (χ0) is 19.2. The molecule has 1 atom stereocenters. The van der Waals surface area contributed by atoms with Gasteiger partial charge in [-0.1, -0.05) is 58.7 Å². The summed E-state index contributed by atoms with van der Waals surface area (Å²) in [5.74, 6) is -0.0927. The summed E-state index contributed by atoms with van der Waals surface area (Å²) in [6.07, 6.45) is 0.483. The molecule has 3 rings (SSSR count). The van der Waals surface area contributed by atoms with E-state index in [1.165, 1.54) is 12.7 Å². The molecule has 142 valence electrons. The summed E-state index contributed by atoms with van der Waals surface area (Å²) in [4.78, 5) is 19.8. The van der Waals surface area contributed by atoms with Crippen LogP contribution >= 0.6 is 11.6 Å². The third-order valence-electron chi connectivity index (χ3n) is 4.42. The Hall–Kier alpha value is -2.37.